The van der Waals surface area contributed by atoms with Gasteiger partial charge in [0.1, 0.15) is 0 Å². The first kappa shape index (κ1) is 11.9. The molecule has 1 aliphatic rings. The second kappa shape index (κ2) is 5.24. The van der Waals surface area contributed by atoms with E-state index in [2.05, 4.69) is 39.4 Å². The molecule has 0 radical (unpaired) electrons. The van der Waals surface area contributed by atoms with Gasteiger partial charge in [0.25, 0.3) is 0 Å². The molecule has 3 nitrogen and oxygen atoms in total. The van der Waals surface area contributed by atoms with Crippen LogP contribution in [0.2, 0.25) is 0 Å². The summed E-state index contributed by atoms with van der Waals surface area (Å²) in [7, 11) is 0. The van der Waals surface area contributed by atoms with Crippen LogP contribution in [0.1, 0.15) is 35.7 Å². The van der Waals surface area contributed by atoms with Crippen molar-refractivity contribution in [3.63, 3.8) is 0 Å². The minimum atomic E-state index is 0.577. The molecule has 0 saturated heterocycles. The SMILES string of the molecule is Cc1ccsc1CNC1CCCC1n1ccnc1. The predicted molar refractivity (Wildman–Crippen MR) is 74.8 cm³/mol. The van der Waals surface area contributed by atoms with Crippen molar-refractivity contribution in [2.24, 2.45) is 0 Å². The van der Waals surface area contributed by atoms with Gasteiger partial charge in [0.05, 0.1) is 6.33 Å². The van der Waals surface area contributed by atoms with Gasteiger partial charge in [-0.15, -0.1) is 11.3 Å². The Labute approximate surface area is 112 Å². The molecule has 1 aliphatic carbocycles. The lowest BCUT2D eigenvalue weighted by atomic mass is 10.1. The Hall–Kier alpha value is -1.13. The maximum absolute atomic E-state index is 4.16. The maximum atomic E-state index is 4.16. The van der Waals surface area contributed by atoms with E-state index in [9.17, 15) is 0 Å². The van der Waals surface area contributed by atoms with Crippen LogP contribution >= 0.6 is 11.3 Å². The summed E-state index contributed by atoms with van der Waals surface area (Å²) in [5.74, 6) is 0. The Morgan fingerprint density at radius 2 is 2.44 bits per heavy atom. The Bertz CT molecular complexity index is 489. The van der Waals surface area contributed by atoms with Gasteiger partial charge in [0.15, 0.2) is 0 Å². The third-order valence-corrected chi connectivity index (χ3v) is 4.90. The lowest BCUT2D eigenvalue weighted by Crippen LogP contribution is -2.33. The van der Waals surface area contributed by atoms with Crippen molar-refractivity contribution in [2.75, 3.05) is 0 Å². The number of thiophene rings is 1. The molecule has 18 heavy (non-hydrogen) atoms. The highest BCUT2D eigenvalue weighted by molar-refractivity contribution is 7.10. The van der Waals surface area contributed by atoms with Gasteiger partial charge in [-0.1, -0.05) is 0 Å². The highest BCUT2D eigenvalue weighted by Crippen LogP contribution is 2.30. The third-order valence-electron chi connectivity index (χ3n) is 3.88. The molecule has 0 spiro atoms. The molecule has 3 rings (SSSR count). The molecule has 1 saturated carbocycles. The predicted octanol–water partition coefficient (Wildman–Crippen LogP) is 3.14. The lowest BCUT2D eigenvalue weighted by molar-refractivity contribution is 0.391. The monoisotopic (exact) mass is 261 g/mol. The van der Waals surface area contributed by atoms with E-state index in [1.807, 2.05) is 23.9 Å². The number of hydrogen-bond acceptors (Lipinski definition) is 3. The van der Waals surface area contributed by atoms with Crippen LogP contribution in [-0.2, 0) is 6.54 Å². The van der Waals surface area contributed by atoms with E-state index in [-0.39, 0.29) is 0 Å². The van der Waals surface area contributed by atoms with Crippen molar-refractivity contribution < 1.29 is 0 Å². The third kappa shape index (κ3) is 2.35. The molecular weight excluding hydrogens is 242 g/mol. The first-order valence-corrected chi connectivity index (χ1v) is 7.46. The van der Waals surface area contributed by atoms with Crippen LogP contribution in [0.4, 0.5) is 0 Å². The average Bonchev–Trinajstić information content (AvgIpc) is 3.07. The van der Waals surface area contributed by atoms with E-state index < -0.39 is 0 Å². The highest BCUT2D eigenvalue weighted by Gasteiger charge is 2.27. The van der Waals surface area contributed by atoms with Gasteiger partial charge in [0.2, 0.25) is 0 Å². The summed E-state index contributed by atoms with van der Waals surface area (Å²) in [6.07, 6.45) is 9.75. The standard InChI is InChI=1S/C14H19N3S/c1-11-5-8-18-14(11)9-16-12-3-2-4-13(12)17-7-6-15-10-17/h5-8,10,12-13,16H,2-4,9H2,1H3. The summed E-state index contributed by atoms with van der Waals surface area (Å²) in [5.41, 5.74) is 1.41. The minimum Gasteiger partial charge on any atom is -0.333 e. The Morgan fingerprint density at radius 3 is 3.17 bits per heavy atom. The molecular formula is C14H19N3S. The summed E-state index contributed by atoms with van der Waals surface area (Å²) < 4.78 is 2.26. The van der Waals surface area contributed by atoms with Crippen molar-refractivity contribution in [1.29, 1.82) is 0 Å². The number of nitrogens with zero attached hydrogens (tertiary/aromatic N) is 2. The average molecular weight is 261 g/mol. The molecule has 2 unspecified atom stereocenters. The number of aryl methyl sites for hydroxylation is 1. The van der Waals surface area contributed by atoms with Crippen molar-refractivity contribution in [1.82, 2.24) is 14.9 Å². The van der Waals surface area contributed by atoms with Gasteiger partial charge in [-0.3, -0.25) is 0 Å². The van der Waals surface area contributed by atoms with Gasteiger partial charge in [-0.25, -0.2) is 4.98 Å². The minimum absolute atomic E-state index is 0.577. The fraction of sp³-hybridized carbons (Fsp3) is 0.500. The fourth-order valence-corrected chi connectivity index (χ4v) is 3.67. The van der Waals surface area contributed by atoms with Gasteiger partial charge in [-0.2, -0.15) is 0 Å². The fourth-order valence-electron chi connectivity index (χ4n) is 2.81. The lowest BCUT2D eigenvalue weighted by Gasteiger charge is -2.22. The molecule has 0 amide bonds. The Kier molecular flexibility index (Phi) is 3.48. The first-order chi connectivity index (χ1) is 8.84. The highest BCUT2D eigenvalue weighted by atomic mass is 32.1. The van der Waals surface area contributed by atoms with Crippen LogP contribution in [-0.4, -0.2) is 15.6 Å². The van der Waals surface area contributed by atoms with E-state index in [1.54, 1.807) is 0 Å². The zero-order valence-electron chi connectivity index (χ0n) is 10.7. The van der Waals surface area contributed by atoms with E-state index >= 15 is 0 Å². The molecule has 0 bridgehead atoms. The largest absolute Gasteiger partial charge is 0.333 e. The summed E-state index contributed by atoms with van der Waals surface area (Å²) in [6.45, 7) is 3.19. The van der Waals surface area contributed by atoms with Crippen LogP contribution in [0.25, 0.3) is 0 Å². The molecule has 2 heterocycles. The zero-order chi connectivity index (χ0) is 12.4. The smallest absolute Gasteiger partial charge is 0.0949 e. The number of aromatic nitrogens is 2. The second-order valence-electron chi connectivity index (χ2n) is 5.02. The topological polar surface area (TPSA) is 29.9 Å². The quantitative estimate of drug-likeness (QED) is 0.916. The van der Waals surface area contributed by atoms with Crippen molar-refractivity contribution in [2.45, 2.75) is 44.8 Å². The summed E-state index contributed by atoms with van der Waals surface area (Å²) in [4.78, 5) is 5.63. The molecule has 4 heteroatoms. The zero-order valence-corrected chi connectivity index (χ0v) is 11.5. The van der Waals surface area contributed by atoms with Crippen LogP contribution < -0.4 is 5.32 Å². The summed E-state index contributed by atoms with van der Waals surface area (Å²) in [5, 5.41) is 5.90. The molecule has 1 N–H and O–H groups in total. The molecule has 2 atom stereocenters. The molecule has 2 aromatic rings. The van der Waals surface area contributed by atoms with E-state index in [4.69, 9.17) is 0 Å². The van der Waals surface area contributed by atoms with Crippen molar-refractivity contribution in [3.05, 3.63) is 40.6 Å². The molecule has 2 aromatic heterocycles. The van der Waals surface area contributed by atoms with E-state index in [0.29, 0.717) is 12.1 Å². The van der Waals surface area contributed by atoms with Gasteiger partial charge < -0.3 is 9.88 Å². The Morgan fingerprint density at radius 1 is 1.50 bits per heavy atom. The summed E-state index contributed by atoms with van der Waals surface area (Å²) in [6, 6.07) is 3.36. The van der Waals surface area contributed by atoms with Crippen LogP contribution in [0.3, 0.4) is 0 Å². The number of nitrogens with one attached hydrogen (secondary N) is 1. The van der Waals surface area contributed by atoms with Crippen molar-refractivity contribution in [3.8, 4) is 0 Å². The molecule has 1 fully saturated rings. The maximum Gasteiger partial charge on any atom is 0.0949 e. The van der Waals surface area contributed by atoms with E-state index in [0.717, 1.165) is 6.54 Å². The van der Waals surface area contributed by atoms with Gasteiger partial charge >= 0.3 is 0 Å². The van der Waals surface area contributed by atoms with E-state index in [1.165, 1.54) is 29.7 Å². The molecule has 0 aromatic carbocycles. The van der Waals surface area contributed by atoms with Crippen molar-refractivity contribution >= 4 is 11.3 Å². The summed E-state index contributed by atoms with van der Waals surface area (Å²) >= 11 is 1.85. The Balaban J connectivity index is 1.64. The number of rotatable bonds is 4. The normalized spacial score (nSPS) is 23.6. The molecule has 0 aliphatic heterocycles. The van der Waals surface area contributed by atoms with Crippen LogP contribution in [0, 0.1) is 6.92 Å². The first-order valence-electron chi connectivity index (χ1n) is 6.58. The van der Waals surface area contributed by atoms with Crippen LogP contribution in [0.15, 0.2) is 30.2 Å². The van der Waals surface area contributed by atoms with Gasteiger partial charge in [-0.05, 0) is 43.2 Å². The second-order valence-corrected chi connectivity index (χ2v) is 6.02. The molecule has 96 valence electrons. The number of hydrogen-bond donors (Lipinski definition) is 1. The van der Waals surface area contributed by atoms with Crippen LogP contribution in [0.5, 0.6) is 0 Å². The number of imidazole rings is 1. The van der Waals surface area contributed by atoms with Gasteiger partial charge in [0, 0.05) is 35.9 Å².